The van der Waals surface area contributed by atoms with Gasteiger partial charge in [-0.05, 0) is 30.4 Å². The number of benzene rings is 1. The second-order valence-corrected chi connectivity index (χ2v) is 5.54. The Kier molecular flexibility index (Phi) is 5.52. The molecule has 2 unspecified atom stereocenters. The highest BCUT2D eigenvalue weighted by Crippen LogP contribution is 2.25. The maximum Gasteiger partial charge on any atom is 0.273 e. The number of non-ortho nitro benzene ring substituents is 1. The number of aliphatic hydroxyl groups excluding tert-OH is 1. The molecule has 0 aromatic heterocycles. The monoisotopic (exact) mass is 294 g/mol. The minimum absolute atomic E-state index is 0.0313. The Morgan fingerprint density at radius 2 is 2.14 bits per heavy atom. The Hall–Kier alpha value is -1.66. The fourth-order valence-corrected chi connectivity index (χ4v) is 2.80. The molecule has 0 aliphatic heterocycles. The summed E-state index contributed by atoms with van der Waals surface area (Å²) in [6.45, 7) is 1.26. The van der Waals surface area contributed by atoms with E-state index in [-0.39, 0.29) is 17.7 Å². The van der Waals surface area contributed by atoms with Gasteiger partial charge in [-0.3, -0.25) is 10.1 Å². The predicted octanol–water partition coefficient (Wildman–Crippen LogP) is 2.24. The number of nitro benzene ring substituents is 1. The van der Waals surface area contributed by atoms with Crippen LogP contribution in [-0.4, -0.2) is 29.8 Å². The molecule has 1 aliphatic rings. The number of hydrogen-bond donors (Lipinski definition) is 2. The van der Waals surface area contributed by atoms with Gasteiger partial charge in [0, 0.05) is 19.2 Å². The largest absolute Gasteiger partial charge is 0.496 e. The third kappa shape index (κ3) is 4.41. The van der Waals surface area contributed by atoms with Crippen molar-refractivity contribution >= 4 is 5.69 Å². The Balaban J connectivity index is 1.93. The van der Waals surface area contributed by atoms with Gasteiger partial charge in [-0.2, -0.15) is 0 Å². The normalized spacial score (nSPS) is 22.0. The summed E-state index contributed by atoms with van der Waals surface area (Å²) in [5.74, 6) is 0.762. The van der Waals surface area contributed by atoms with Crippen molar-refractivity contribution < 1.29 is 14.8 Å². The standard InChI is InChI=1S/C15H22N2O4/c1-21-14-7-11(6-13(8-14)17(19)20)9-16-10-12-4-2-3-5-15(12)18/h6-8,12,15-16,18H,2-5,9-10H2,1H3. The molecule has 6 heteroatoms. The van der Waals surface area contributed by atoms with Crippen LogP contribution in [0.15, 0.2) is 18.2 Å². The number of methoxy groups -OCH3 is 1. The zero-order chi connectivity index (χ0) is 15.2. The lowest BCUT2D eigenvalue weighted by molar-refractivity contribution is -0.385. The van der Waals surface area contributed by atoms with Gasteiger partial charge in [0.15, 0.2) is 0 Å². The molecule has 6 nitrogen and oxygen atoms in total. The highest BCUT2D eigenvalue weighted by atomic mass is 16.6. The van der Waals surface area contributed by atoms with Gasteiger partial charge >= 0.3 is 0 Å². The number of ether oxygens (including phenoxy) is 1. The molecule has 0 saturated heterocycles. The van der Waals surface area contributed by atoms with E-state index in [2.05, 4.69) is 5.32 Å². The third-order valence-electron chi connectivity index (χ3n) is 4.00. The van der Waals surface area contributed by atoms with E-state index in [0.29, 0.717) is 12.3 Å². The number of hydrogen-bond acceptors (Lipinski definition) is 5. The van der Waals surface area contributed by atoms with Crippen molar-refractivity contribution in [1.29, 1.82) is 0 Å². The summed E-state index contributed by atoms with van der Waals surface area (Å²) in [4.78, 5) is 10.5. The Morgan fingerprint density at radius 3 is 2.81 bits per heavy atom. The molecule has 0 amide bonds. The predicted molar refractivity (Wildman–Crippen MR) is 79.3 cm³/mol. The fourth-order valence-electron chi connectivity index (χ4n) is 2.80. The van der Waals surface area contributed by atoms with Crippen molar-refractivity contribution in [2.75, 3.05) is 13.7 Å². The molecule has 0 bridgehead atoms. The SMILES string of the molecule is COc1cc(CNCC2CCCCC2O)cc([N+](=O)[O-])c1. The van der Waals surface area contributed by atoms with Crippen molar-refractivity contribution in [3.8, 4) is 5.75 Å². The molecule has 2 rings (SSSR count). The van der Waals surface area contributed by atoms with E-state index in [1.54, 1.807) is 12.1 Å². The lowest BCUT2D eigenvalue weighted by Gasteiger charge is -2.27. The van der Waals surface area contributed by atoms with Gasteiger partial charge in [0.05, 0.1) is 24.2 Å². The van der Waals surface area contributed by atoms with Gasteiger partial charge in [-0.25, -0.2) is 0 Å². The first-order valence-electron chi connectivity index (χ1n) is 7.31. The van der Waals surface area contributed by atoms with Crippen molar-refractivity contribution in [2.45, 2.75) is 38.3 Å². The van der Waals surface area contributed by atoms with Crippen molar-refractivity contribution in [3.05, 3.63) is 33.9 Å². The first kappa shape index (κ1) is 15.7. The molecule has 0 spiro atoms. The maximum atomic E-state index is 10.9. The Bertz CT molecular complexity index is 493. The first-order chi connectivity index (χ1) is 10.1. The molecular formula is C15H22N2O4. The van der Waals surface area contributed by atoms with Crippen LogP contribution in [0.3, 0.4) is 0 Å². The second kappa shape index (κ2) is 7.38. The Labute approximate surface area is 124 Å². The van der Waals surface area contributed by atoms with E-state index in [1.807, 2.05) is 0 Å². The number of nitrogens with zero attached hydrogens (tertiary/aromatic N) is 1. The highest BCUT2D eigenvalue weighted by Gasteiger charge is 2.22. The van der Waals surface area contributed by atoms with Gasteiger partial charge in [0.2, 0.25) is 0 Å². The summed E-state index contributed by atoms with van der Waals surface area (Å²) >= 11 is 0. The van der Waals surface area contributed by atoms with E-state index in [0.717, 1.165) is 37.8 Å². The molecule has 116 valence electrons. The average Bonchev–Trinajstić information content (AvgIpc) is 2.49. The number of aliphatic hydroxyl groups is 1. The van der Waals surface area contributed by atoms with Crippen LogP contribution in [0.25, 0.3) is 0 Å². The van der Waals surface area contributed by atoms with E-state index in [1.165, 1.54) is 13.2 Å². The molecule has 1 fully saturated rings. The van der Waals surface area contributed by atoms with E-state index in [9.17, 15) is 15.2 Å². The summed E-state index contributed by atoms with van der Waals surface area (Å²) in [7, 11) is 1.49. The maximum absolute atomic E-state index is 10.9. The summed E-state index contributed by atoms with van der Waals surface area (Å²) < 4.78 is 5.09. The van der Waals surface area contributed by atoms with Crippen LogP contribution in [0.2, 0.25) is 0 Å². The van der Waals surface area contributed by atoms with Crippen LogP contribution in [0.5, 0.6) is 5.75 Å². The van der Waals surface area contributed by atoms with Crippen LogP contribution < -0.4 is 10.1 Å². The van der Waals surface area contributed by atoms with Gasteiger partial charge in [-0.15, -0.1) is 0 Å². The number of rotatable bonds is 6. The first-order valence-corrected chi connectivity index (χ1v) is 7.31. The lowest BCUT2D eigenvalue weighted by Crippen LogP contribution is -2.33. The van der Waals surface area contributed by atoms with Crippen LogP contribution in [0.4, 0.5) is 5.69 Å². The summed E-state index contributed by atoms with van der Waals surface area (Å²) in [6.07, 6.45) is 3.93. The van der Waals surface area contributed by atoms with Gasteiger partial charge < -0.3 is 15.2 Å². The Morgan fingerprint density at radius 1 is 1.38 bits per heavy atom. The minimum Gasteiger partial charge on any atom is -0.496 e. The van der Waals surface area contributed by atoms with Crippen molar-refractivity contribution in [1.82, 2.24) is 5.32 Å². The molecule has 1 aromatic carbocycles. The molecule has 2 N–H and O–H groups in total. The van der Waals surface area contributed by atoms with Crippen LogP contribution in [-0.2, 0) is 6.54 Å². The molecule has 1 aliphatic carbocycles. The van der Waals surface area contributed by atoms with Crippen LogP contribution in [0, 0.1) is 16.0 Å². The zero-order valence-corrected chi connectivity index (χ0v) is 12.2. The van der Waals surface area contributed by atoms with Crippen molar-refractivity contribution in [3.63, 3.8) is 0 Å². The smallest absolute Gasteiger partial charge is 0.273 e. The summed E-state index contributed by atoms with van der Waals surface area (Å²) in [6, 6.07) is 4.75. The van der Waals surface area contributed by atoms with Crippen molar-refractivity contribution in [2.24, 2.45) is 5.92 Å². The van der Waals surface area contributed by atoms with E-state index < -0.39 is 4.92 Å². The number of nitro groups is 1. The van der Waals surface area contributed by atoms with Gasteiger partial charge in [0.1, 0.15) is 5.75 Å². The number of nitrogens with one attached hydrogen (secondary N) is 1. The molecule has 1 aromatic rings. The van der Waals surface area contributed by atoms with E-state index >= 15 is 0 Å². The highest BCUT2D eigenvalue weighted by molar-refractivity contribution is 5.42. The van der Waals surface area contributed by atoms with Crippen LogP contribution >= 0.6 is 0 Å². The molecule has 0 heterocycles. The van der Waals surface area contributed by atoms with Gasteiger partial charge in [0.25, 0.3) is 5.69 Å². The van der Waals surface area contributed by atoms with E-state index in [4.69, 9.17) is 4.74 Å². The average molecular weight is 294 g/mol. The summed E-state index contributed by atoms with van der Waals surface area (Å²) in [5.41, 5.74) is 0.843. The quantitative estimate of drug-likeness (QED) is 0.621. The fraction of sp³-hybridized carbons (Fsp3) is 0.600. The molecule has 2 atom stereocenters. The minimum atomic E-state index is -0.420. The summed E-state index contributed by atoms with van der Waals surface area (Å²) in [5, 5.41) is 24.1. The second-order valence-electron chi connectivity index (χ2n) is 5.54. The third-order valence-corrected chi connectivity index (χ3v) is 4.00. The van der Waals surface area contributed by atoms with Crippen LogP contribution in [0.1, 0.15) is 31.2 Å². The molecule has 0 radical (unpaired) electrons. The van der Waals surface area contributed by atoms with Gasteiger partial charge in [-0.1, -0.05) is 12.8 Å². The zero-order valence-electron chi connectivity index (χ0n) is 12.2. The topological polar surface area (TPSA) is 84.6 Å². The molecule has 21 heavy (non-hydrogen) atoms. The molecule has 1 saturated carbocycles. The lowest BCUT2D eigenvalue weighted by atomic mass is 9.86. The molecular weight excluding hydrogens is 272 g/mol.